The number of hydrogen-bond donors (Lipinski definition) is 6. The Morgan fingerprint density at radius 1 is 0.250 bits per heavy atom. The molecule has 3 aliphatic heterocycles. The van der Waals surface area contributed by atoms with Crippen LogP contribution < -0.4 is 31.9 Å². The minimum absolute atomic E-state index is 0.812. The number of rotatable bonds is 0. The van der Waals surface area contributed by atoms with Crippen LogP contribution in [0.3, 0.4) is 0 Å². The number of aromatic nitrogens is 3. The van der Waals surface area contributed by atoms with E-state index in [2.05, 4.69) is 169 Å². The van der Waals surface area contributed by atoms with Crippen LogP contribution in [-0.2, 0) is 39.3 Å². The molecule has 0 amide bonds. The highest BCUT2D eigenvalue weighted by Gasteiger charge is 2.11. The van der Waals surface area contributed by atoms with Crippen molar-refractivity contribution in [2.75, 3.05) is 78.5 Å². The van der Waals surface area contributed by atoms with Crippen molar-refractivity contribution >= 4 is 65.4 Å². The van der Waals surface area contributed by atoms with Gasteiger partial charge < -0.3 is 31.9 Å². The van der Waals surface area contributed by atoms with Gasteiger partial charge >= 0.3 is 0 Å². The topological polar surface area (TPSA) is 117 Å². The van der Waals surface area contributed by atoms with Gasteiger partial charge in [0, 0.05) is 150 Å². The highest BCUT2D eigenvalue weighted by Crippen LogP contribution is 2.25. The minimum atomic E-state index is 0.812. The first kappa shape index (κ1) is 44.5. The van der Waals surface area contributed by atoms with Crippen LogP contribution >= 0.6 is 0 Å². The van der Waals surface area contributed by atoms with E-state index in [0.717, 1.165) is 151 Å². The van der Waals surface area contributed by atoms with E-state index < -0.39 is 0 Å². The maximum atomic E-state index is 5.06. The van der Waals surface area contributed by atoms with Gasteiger partial charge in [-0.15, -0.1) is 0 Å². The van der Waals surface area contributed by atoms with Crippen LogP contribution in [0.1, 0.15) is 33.4 Å². The van der Waals surface area contributed by atoms with Crippen molar-refractivity contribution in [2.24, 2.45) is 0 Å². The van der Waals surface area contributed by atoms with Gasteiger partial charge in [0.25, 0.3) is 0 Å². The molecule has 3 aromatic heterocycles. The Kier molecular flexibility index (Phi) is 13.8. The van der Waals surface area contributed by atoms with Crippen molar-refractivity contribution in [3.63, 3.8) is 0 Å². The van der Waals surface area contributed by atoms with E-state index in [0.29, 0.717) is 0 Å². The van der Waals surface area contributed by atoms with Crippen molar-refractivity contribution in [3.05, 3.63) is 161 Å². The van der Waals surface area contributed by atoms with Crippen molar-refractivity contribution < 1.29 is 0 Å². The Bertz CT molecular complexity index is 2670. The lowest BCUT2D eigenvalue weighted by Gasteiger charge is -2.23. The summed E-state index contributed by atoms with van der Waals surface area (Å²) in [6.45, 7) is 16.0. The smallest absolute Gasteiger partial charge is 0.0709 e. The summed E-state index contributed by atoms with van der Waals surface area (Å²) in [6.07, 6.45) is 0. The SMILES string of the molecule is c1cc2nc3ccc4cc3cc2cc1CNCCN1CCNCc2ccc3nc5ccc(cc5cc3c2)CNCCN(CCNC4)CCNCc2ccc3nc4ccc(cc4cc3c2)CNCC1. The van der Waals surface area contributed by atoms with Gasteiger partial charge in [-0.2, -0.15) is 0 Å². The van der Waals surface area contributed by atoms with Crippen molar-refractivity contribution in [1.29, 1.82) is 0 Å². The molecule has 6 heterocycles. The highest BCUT2D eigenvalue weighted by atomic mass is 15.2. The number of fused-ring (bicyclic) bond motifs is 18. The Hall–Kier alpha value is -5.99. The van der Waals surface area contributed by atoms with E-state index in [1.165, 1.54) is 65.7 Å². The molecule has 11 nitrogen and oxygen atoms in total. The molecule has 0 atom stereocenters. The van der Waals surface area contributed by atoms with Crippen molar-refractivity contribution in [1.82, 2.24) is 56.7 Å². The van der Waals surface area contributed by atoms with Crippen LogP contribution in [0.2, 0.25) is 0 Å². The molecule has 346 valence electrons. The second-order valence-corrected chi connectivity index (χ2v) is 18.9. The van der Waals surface area contributed by atoms with Crippen molar-refractivity contribution in [3.8, 4) is 0 Å². The first-order valence-electron chi connectivity index (χ1n) is 24.8. The lowest BCUT2D eigenvalue weighted by molar-refractivity contribution is 0.271. The molecule has 6 N–H and O–H groups in total. The predicted molar refractivity (Wildman–Crippen MR) is 281 cm³/mol. The first-order valence-corrected chi connectivity index (χ1v) is 24.8. The number of benzene rings is 6. The number of pyridine rings is 3. The zero-order valence-corrected chi connectivity index (χ0v) is 39.1. The molecule has 0 saturated heterocycles. The summed E-state index contributed by atoms with van der Waals surface area (Å²) in [5, 5.41) is 29.7. The Balaban J connectivity index is 0.878. The molecular weight excluding hydrogens is 839 g/mol. The summed E-state index contributed by atoms with van der Waals surface area (Å²) in [4.78, 5) is 20.3. The van der Waals surface area contributed by atoms with Crippen LogP contribution in [0.5, 0.6) is 0 Å². The quantitative estimate of drug-likeness (QED) is 0.0859. The van der Waals surface area contributed by atoms with Gasteiger partial charge in [-0.3, -0.25) is 9.80 Å². The van der Waals surface area contributed by atoms with E-state index in [4.69, 9.17) is 15.0 Å². The largest absolute Gasteiger partial charge is 0.311 e. The predicted octanol–water partition coefficient (Wildman–Crippen LogP) is 7.36. The number of nitrogens with one attached hydrogen (secondary N) is 6. The summed E-state index contributed by atoms with van der Waals surface area (Å²) in [7, 11) is 0. The normalized spacial score (nSPS) is 19.2. The summed E-state index contributed by atoms with van der Waals surface area (Å²) < 4.78 is 0. The van der Waals surface area contributed by atoms with Gasteiger partial charge in [0.2, 0.25) is 0 Å². The second kappa shape index (κ2) is 21.1. The van der Waals surface area contributed by atoms with Gasteiger partial charge in [0.15, 0.2) is 0 Å². The third-order valence-electron chi connectivity index (χ3n) is 13.8. The van der Waals surface area contributed by atoms with Crippen LogP contribution in [-0.4, -0.2) is 103 Å². The van der Waals surface area contributed by atoms with Crippen molar-refractivity contribution in [2.45, 2.75) is 39.3 Å². The second-order valence-electron chi connectivity index (χ2n) is 18.9. The van der Waals surface area contributed by atoms with Crippen LogP contribution in [0.15, 0.2) is 127 Å². The fraction of sp³-hybridized carbons (Fsp3) is 0.316. The molecule has 11 heteroatoms. The van der Waals surface area contributed by atoms with Gasteiger partial charge in [-0.05, 0) is 124 Å². The molecule has 9 aromatic rings. The molecule has 0 fully saturated rings. The van der Waals surface area contributed by atoms with Gasteiger partial charge in [0.1, 0.15) is 0 Å². The van der Waals surface area contributed by atoms with E-state index in [1.807, 2.05) is 0 Å². The molecular formula is C57H63N11. The average molecular weight is 902 g/mol. The molecule has 0 aliphatic carbocycles. The molecule has 0 spiro atoms. The van der Waals surface area contributed by atoms with E-state index >= 15 is 0 Å². The summed E-state index contributed by atoms with van der Waals surface area (Å²) >= 11 is 0. The van der Waals surface area contributed by atoms with E-state index in [-0.39, 0.29) is 0 Å². The van der Waals surface area contributed by atoms with E-state index in [1.54, 1.807) is 0 Å². The van der Waals surface area contributed by atoms with Gasteiger partial charge in [0.05, 0.1) is 33.1 Å². The molecule has 14 bridgehead atoms. The Labute approximate surface area is 399 Å². The third kappa shape index (κ3) is 11.0. The number of hydrogen-bond acceptors (Lipinski definition) is 11. The molecule has 68 heavy (non-hydrogen) atoms. The maximum absolute atomic E-state index is 5.06. The molecule has 12 rings (SSSR count). The standard InChI is InChI=1S/C57H63N11/c1-7-52-46-25-40(1)34-58-13-19-67-20-14-59-36-42-3-9-54-48(27-42)32-50-29-44(5-11-56(50)65-54)38-62-17-23-68(22-16-61-35-41-2-8-53(64-52)47(26-41)31-46)24-18-63-39-45-6-12-57-51(30-45)33-49-28-43(37-60-15-21-67)4-10-55(49)66-57/h1-12,25-33,58-63H,13-24,34-39H2. The summed E-state index contributed by atoms with van der Waals surface area (Å²) in [5.74, 6) is 0. The molecule has 3 aliphatic rings. The fourth-order valence-corrected chi connectivity index (χ4v) is 9.97. The Morgan fingerprint density at radius 3 is 0.632 bits per heavy atom. The van der Waals surface area contributed by atoms with E-state index in [9.17, 15) is 0 Å². The number of nitrogens with zero attached hydrogens (tertiary/aromatic N) is 5. The van der Waals surface area contributed by atoms with Gasteiger partial charge in [-0.1, -0.05) is 36.4 Å². The summed E-state index contributed by atoms with van der Waals surface area (Å²) in [5.41, 5.74) is 13.9. The monoisotopic (exact) mass is 902 g/mol. The average Bonchev–Trinajstić information content (AvgIpc) is 3.36. The van der Waals surface area contributed by atoms with Gasteiger partial charge in [-0.25, -0.2) is 15.0 Å². The lowest BCUT2D eigenvalue weighted by atomic mass is 10.1. The summed E-state index contributed by atoms with van der Waals surface area (Å²) in [6, 6.07) is 47.1. The maximum Gasteiger partial charge on any atom is 0.0709 e. The molecule has 0 radical (unpaired) electrons. The minimum Gasteiger partial charge on any atom is -0.311 e. The lowest BCUT2D eigenvalue weighted by Crippen LogP contribution is -2.40. The molecule has 0 saturated carbocycles. The zero-order valence-electron chi connectivity index (χ0n) is 39.1. The molecule has 0 unspecified atom stereocenters. The zero-order chi connectivity index (χ0) is 45.5. The fourth-order valence-electron chi connectivity index (χ4n) is 9.97. The molecule has 6 aromatic carbocycles. The van der Waals surface area contributed by atoms with Crippen LogP contribution in [0, 0.1) is 0 Å². The first-order chi connectivity index (χ1) is 33.6. The van der Waals surface area contributed by atoms with Crippen LogP contribution in [0.25, 0.3) is 65.4 Å². The highest BCUT2D eigenvalue weighted by molar-refractivity contribution is 5.95. The Morgan fingerprint density at radius 2 is 0.441 bits per heavy atom. The third-order valence-corrected chi connectivity index (χ3v) is 13.8. The van der Waals surface area contributed by atoms with Crippen LogP contribution in [0.4, 0.5) is 0 Å².